The van der Waals surface area contributed by atoms with Crippen LogP contribution >= 0.6 is 0 Å². The van der Waals surface area contributed by atoms with Gasteiger partial charge in [-0.25, -0.2) is 4.52 Å². The molecule has 2 saturated heterocycles. The van der Waals surface area contributed by atoms with E-state index < -0.39 is 0 Å². The van der Waals surface area contributed by atoms with Crippen LogP contribution in [0, 0.1) is 5.92 Å². The van der Waals surface area contributed by atoms with Crippen LogP contribution in [0.2, 0.25) is 0 Å². The van der Waals surface area contributed by atoms with E-state index in [-0.39, 0.29) is 0 Å². The molecule has 3 aromatic heterocycles. The minimum Gasteiger partial charge on any atom is -0.366 e. The molecule has 8 nitrogen and oxygen atoms in total. The lowest BCUT2D eigenvalue weighted by atomic mass is 10.1. The first kappa shape index (κ1) is 18.9. The maximum atomic E-state index is 12.4. The first-order valence-electron chi connectivity index (χ1n) is 11.5. The average molecular weight is 420 g/mol. The van der Waals surface area contributed by atoms with Gasteiger partial charge in [0.25, 0.3) is 0 Å². The zero-order valence-corrected chi connectivity index (χ0v) is 17.8. The fourth-order valence-corrected chi connectivity index (χ4v) is 4.93. The summed E-state index contributed by atoms with van der Waals surface area (Å²) in [7, 11) is 0. The number of rotatable bonds is 4. The van der Waals surface area contributed by atoms with Gasteiger partial charge in [-0.15, -0.1) is 0 Å². The third kappa shape index (κ3) is 3.59. The number of hydrogen-bond acceptors (Lipinski definition) is 5. The molecule has 1 amide bonds. The predicted molar refractivity (Wildman–Crippen MR) is 119 cm³/mol. The molecule has 1 aliphatic carbocycles. The molecule has 1 unspecified atom stereocenters. The lowest BCUT2D eigenvalue weighted by molar-refractivity contribution is -0.132. The number of carbonyl (C=O) groups is 1. The largest absolute Gasteiger partial charge is 0.366 e. The van der Waals surface area contributed by atoms with E-state index in [1.165, 1.54) is 18.5 Å². The fourth-order valence-electron chi connectivity index (χ4n) is 4.93. The molecule has 1 atom stereocenters. The first-order valence-corrected chi connectivity index (χ1v) is 11.5. The summed E-state index contributed by atoms with van der Waals surface area (Å²) in [6.07, 6.45) is 12.6. The lowest BCUT2D eigenvalue weighted by Crippen LogP contribution is -2.49. The predicted octanol–water partition coefficient (Wildman–Crippen LogP) is 2.18. The monoisotopic (exact) mass is 419 g/mol. The highest BCUT2D eigenvalue weighted by atomic mass is 16.2. The van der Waals surface area contributed by atoms with Gasteiger partial charge < -0.3 is 15.1 Å². The van der Waals surface area contributed by atoms with Crippen LogP contribution < -0.4 is 10.2 Å². The van der Waals surface area contributed by atoms with Crippen molar-refractivity contribution in [3.8, 4) is 11.1 Å². The number of fused-ring (bicyclic) bond motifs is 1. The van der Waals surface area contributed by atoms with Gasteiger partial charge in [0, 0.05) is 68.4 Å². The SMILES string of the molecule is O=C(C1CC1)N1CCN(c2ccnn3cc(-c4cnn(C5CCCNC5)c4)cc23)CC1. The van der Waals surface area contributed by atoms with Crippen molar-refractivity contribution in [2.24, 2.45) is 5.92 Å². The number of piperazine rings is 1. The number of carbonyl (C=O) groups excluding carboxylic acids is 1. The van der Waals surface area contributed by atoms with Gasteiger partial charge in [0.05, 0.1) is 23.4 Å². The van der Waals surface area contributed by atoms with Crippen LogP contribution in [0.3, 0.4) is 0 Å². The van der Waals surface area contributed by atoms with Crippen LogP contribution in [0.25, 0.3) is 16.6 Å². The van der Waals surface area contributed by atoms with Crippen LogP contribution in [0.5, 0.6) is 0 Å². The molecule has 0 bridgehead atoms. The van der Waals surface area contributed by atoms with Gasteiger partial charge in [0.2, 0.25) is 5.91 Å². The molecule has 5 heterocycles. The number of anilines is 1. The van der Waals surface area contributed by atoms with E-state index in [0.717, 1.165) is 68.8 Å². The molecule has 31 heavy (non-hydrogen) atoms. The third-order valence-corrected chi connectivity index (χ3v) is 6.92. The summed E-state index contributed by atoms with van der Waals surface area (Å²) in [6.45, 7) is 5.43. The zero-order chi connectivity index (χ0) is 20.8. The Hall–Kier alpha value is -2.87. The summed E-state index contributed by atoms with van der Waals surface area (Å²) in [4.78, 5) is 16.8. The Morgan fingerprint density at radius 3 is 2.68 bits per heavy atom. The second kappa shape index (κ2) is 7.67. The van der Waals surface area contributed by atoms with Crippen molar-refractivity contribution in [1.82, 2.24) is 29.6 Å². The van der Waals surface area contributed by atoms with Crippen LogP contribution in [-0.4, -0.2) is 69.5 Å². The van der Waals surface area contributed by atoms with Crippen LogP contribution in [0.15, 0.2) is 36.9 Å². The molecule has 8 heteroatoms. The van der Waals surface area contributed by atoms with Crippen LogP contribution in [0.4, 0.5) is 5.69 Å². The Kier molecular flexibility index (Phi) is 4.67. The number of nitrogens with zero attached hydrogens (tertiary/aromatic N) is 6. The van der Waals surface area contributed by atoms with Crippen molar-refractivity contribution < 1.29 is 4.79 Å². The van der Waals surface area contributed by atoms with E-state index in [0.29, 0.717) is 17.9 Å². The van der Waals surface area contributed by atoms with E-state index in [1.807, 2.05) is 21.8 Å². The summed E-state index contributed by atoms with van der Waals surface area (Å²) < 4.78 is 4.07. The van der Waals surface area contributed by atoms with Crippen molar-refractivity contribution in [3.63, 3.8) is 0 Å². The Morgan fingerprint density at radius 1 is 1.03 bits per heavy atom. The van der Waals surface area contributed by atoms with Crippen molar-refractivity contribution in [3.05, 3.63) is 36.9 Å². The molecule has 6 rings (SSSR count). The molecule has 0 spiro atoms. The van der Waals surface area contributed by atoms with Crippen molar-refractivity contribution >= 4 is 17.1 Å². The number of piperidine rings is 1. The minimum atomic E-state index is 0.303. The summed E-state index contributed by atoms with van der Waals surface area (Å²) in [6, 6.07) is 4.74. The van der Waals surface area contributed by atoms with E-state index >= 15 is 0 Å². The molecule has 0 aromatic carbocycles. The van der Waals surface area contributed by atoms with E-state index in [9.17, 15) is 4.79 Å². The van der Waals surface area contributed by atoms with Crippen molar-refractivity contribution in [2.45, 2.75) is 31.7 Å². The molecule has 162 valence electrons. The van der Waals surface area contributed by atoms with Gasteiger partial charge in [-0.1, -0.05) is 0 Å². The van der Waals surface area contributed by atoms with Gasteiger partial charge in [-0.2, -0.15) is 10.2 Å². The summed E-state index contributed by atoms with van der Waals surface area (Å²) >= 11 is 0. The third-order valence-electron chi connectivity index (χ3n) is 6.92. The highest BCUT2D eigenvalue weighted by Gasteiger charge is 2.34. The van der Waals surface area contributed by atoms with E-state index in [1.54, 1.807) is 0 Å². The average Bonchev–Trinajstić information content (AvgIpc) is 3.38. The first-order chi connectivity index (χ1) is 15.3. The number of amides is 1. The van der Waals surface area contributed by atoms with Gasteiger partial charge in [0.15, 0.2) is 0 Å². The molecular formula is C23H29N7O. The summed E-state index contributed by atoms with van der Waals surface area (Å²) in [5.41, 5.74) is 4.55. The van der Waals surface area contributed by atoms with Gasteiger partial charge in [-0.05, 0) is 44.4 Å². The van der Waals surface area contributed by atoms with Crippen molar-refractivity contribution in [1.29, 1.82) is 0 Å². The Morgan fingerprint density at radius 2 is 1.90 bits per heavy atom. The van der Waals surface area contributed by atoms with Gasteiger partial charge in [0.1, 0.15) is 0 Å². The number of nitrogens with one attached hydrogen (secondary N) is 1. The molecular weight excluding hydrogens is 390 g/mol. The minimum absolute atomic E-state index is 0.303. The smallest absolute Gasteiger partial charge is 0.225 e. The molecule has 3 aliphatic rings. The highest BCUT2D eigenvalue weighted by Crippen LogP contribution is 2.32. The normalized spacial score (nSPS) is 22.3. The van der Waals surface area contributed by atoms with E-state index in [2.05, 4.69) is 49.6 Å². The fraction of sp³-hybridized carbons (Fsp3) is 0.522. The zero-order valence-electron chi connectivity index (χ0n) is 17.8. The number of hydrogen-bond donors (Lipinski definition) is 1. The van der Waals surface area contributed by atoms with Crippen LogP contribution in [0.1, 0.15) is 31.7 Å². The molecule has 3 fully saturated rings. The van der Waals surface area contributed by atoms with Crippen molar-refractivity contribution in [2.75, 3.05) is 44.2 Å². The second-order valence-corrected chi connectivity index (χ2v) is 9.07. The maximum Gasteiger partial charge on any atom is 0.225 e. The summed E-state index contributed by atoms with van der Waals surface area (Å²) in [5.74, 6) is 0.660. The lowest BCUT2D eigenvalue weighted by Gasteiger charge is -2.36. The van der Waals surface area contributed by atoms with Gasteiger partial charge in [-0.3, -0.25) is 9.48 Å². The molecule has 3 aromatic rings. The second-order valence-electron chi connectivity index (χ2n) is 9.07. The Labute approximate surface area is 181 Å². The molecule has 1 N–H and O–H groups in total. The highest BCUT2D eigenvalue weighted by molar-refractivity contribution is 5.82. The van der Waals surface area contributed by atoms with E-state index in [4.69, 9.17) is 0 Å². The Bertz CT molecular complexity index is 1080. The molecule has 2 aliphatic heterocycles. The quantitative estimate of drug-likeness (QED) is 0.702. The number of aromatic nitrogens is 4. The van der Waals surface area contributed by atoms with Crippen LogP contribution in [-0.2, 0) is 4.79 Å². The van der Waals surface area contributed by atoms with Gasteiger partial charge >= 0.3 is 0 Å². The maximum absolute atomic E-state index is 12.4. The molecule has 0 radical (unpaired) electrons. The topological polar surface area (TPSA) is 70.7 Å². The molecule has 1 saturated carbocycles. The standard InChI is InChI=1S/C23H29N7O/c31-23(17-3-4-17)28-10-8-27(9-11-28)21-5-7-25-30-15-18(12-22(21)30)19-13-26-29(16-19)20-2-1-6-24-14-20/h5,7,12-13,15-17,20,24H,1-4,6,8-11,14H2. The summed E-state index contributed by atoms with van der Waals surface area (Å²) in [5, 5.41) is 12.6. The Balaban J connectivity index is 1.22.